The Hall–Kier alpha value is -1.09. The molecule has 0 N–H and O–H groups in total. The van der Waals surface area contributed by atoms with E-state index >= 15 is 0 Å². The molecule has 0 spiro atoms. The maximum atomic E-state index is 11.0. The van der Waals surface area contributed by atoms with Crippen LogP contribution >= 0.6 is 11.6 Å². The van der Waals surface area contributed by atoms with Gasteiger partial charge in [0.15, 0.2) is 0 Å². The number of halogens is 1. The van der Waals surface area contributed by atoms with Gasteiger partial charge in [-0.15, -0.1) is 0 Å². The number of nitrogens with zero attached hydrogens (tertiary/aromatic N) is 1. The zero-order chi connectivity index (χ0) is 9.14. The van der Waals surface area contributed by atoms with Crippen molar-refractivity contribution >= 4 is 17.6 Å². The summed E-state index contributed by atoms with van der Waals surface area (Å²) in [5, 5.41) is 0.375. The number of carbonyl (C=O) groups is 1. The van der Waals surface area contributed by atoms with E-state index in [0.717, 1.165) is 0 Å². The minimum Gasteiger partial charge on any atom is -0.465 e. The summed E-state index contributed by atoms with van der Waals surface area (Å²) >= 11 is 5.60. The van der Waals surface area contributed by atoms with Gasteiger partial charge < -0.3 is 4.74 Å². The molecule has 1 aromatic heterocycles. The van der Waals surface area contributed by atoms with Crippen molar-refractivity contribution in [2.24, 2.45) is 0 Å². The van der Waals surface area contributed by atoms with Crippen LogP contribution < -0.4 is 0 Å². The van der Waals surface area contributed by atoms with Gasteiger partial charge in [0.25, 0.3) is 0 Å². The Bertz CT molecular complexity index is 312. The molecule has 0 atom stereocenters. The molecule has 0 unspecified atom stereocenters. The van der Waals surface area contributed by atoms with E-state index in [2.05, 4.69) is 9.72 Å². The molecule has 64 valence electrons. The van der Waals surface area contributed by atoms with Gasteiger partial charge in [-0.3, -0.25) is 0 Å². The van der Waals surface area contributed by atoms with Crippen LogP contribution in [0.1, 0.15) is 16.1 Å². The third kappa shape index (κ3) is 1.74. The van der Waals surface area contributed by atoms with E-state index in [1.165, 1.54) is 7.11 Å². The van der Waals surface area contributed by atoms with Gasteiger partial charge in [-0.2, -0.15) is 0 Å². The normalized spacial score (nSPS) is 9.58. The maximum absolute atomic E-state index is 11.0. The average Bonchev–Trinajstić information content (AvgIpc) is 2.03. The van der Waals surface area contributed by atoms with E-state index in [4.69, 9.17) is 11.6 Å². The Balaban J connectivity index is 3.09. The van der Waals surface area contributed by atoms with E-state index in [1.54, 1.807) is 19.1 Å². The molecule has 1 heterocycles. The molecule has 0 bridgehead atoms. The maximum Gasteiger partial charge on any atom is 0.339 e. The highest BCUT2D eigenvalue weighted by atomic mass is 35.5. The third-order valence-electron chi connectivity index (χ3n) is 1.46. The molecule has 0 aliphatic carbocycles. The number of carbonyl (C=O) groups excluding carboxylic acids is 1. The molecule has 0 saturated carbocycles. The second-order valence-corrected chi connectivity index (χ2v) is 2.65. The molecule has 0 aliphatic rings. The van der Waals surface area contributed by atoms with Gasteiger partial charge in [-0.1, -0.05) is 11.6 Å². The van der Waals surface area contributed by atoms with Gasteiger partial charge >= 0.3 is 5.97 Å². The topological polar surface area (TPSA) is 39.2 Å². The highest BCUT2D eigenvalue weighted by Gasteiger charge is 2.09. The monoisotopic (exact) mass is 185 g/mol. The molecule has 0 radical (unpaired) electrons. The predicted octanol–water partition coefficient (Wildman–Crippen LogP) is 1.83. The molecule has 0 aromatic carbocycles. The van der Waals surface area contributed by atoms with Crippen LogP contribution in [-0.2, 0) is 4.74 Å². The Morgan fingerprint density at radius 1 is 1.58 bits per heavy atom. The van der Waals surface area contributed by atoms with E-state index in [9.17, 15) is 4.79 Å². The SMILES string of the molecule is COC(=O)c1ccc(Cl)nc1C. The van der Waals surface area contributed by atoms with Crippen LogP contribution in [0.5, 0.6) is 0 Å². The van der Waals surface area contributed by atoms with Crippen LogP contribution in [0.2, 0.25) is 5.15 Å². The summed E-state index contributed by atoms with van der Waals surface area (Å²) < 4.78 is 4.53. The zero-order valence-corrected chi connectivity index (χ0v) is 7.55. The minimum atomic E-state index is -0.392. The summed E-state index contributed by atoms with van der Waals surface area (Å²) in [5.74, 6) is -0.392. The number of pyridine rings is 1. The van der Waals surface area contributed by atoms with Gasteiger partial charge in [0, 0.05) is 0 Å². The van der Waals surface area contributed by atoms with Crippen LogP contribution in [0.25, 0.3) is 0 Å². The van der Waals surface area contributed by atoms with Crippen molar-refractivity contribution in [3.05, 3.63) is 28.5 Å². The standard InChI is InChI=1S/C8H8ClNO2/c1-5-6(8(11)12-2)3-4-7(9)10-5/h3-4H,1-2H3. The first-order valence-electron chi connectivity index (χ1n) is 3.36. The first-order chi connectivity index (χ1) is 5.65. The molecule has 1 aromatic rings. The molecular formula is C8H8ClNO2. The van der Waals surface area contributed by atoms with E-state index < -0.39 is 5.97 Å². The predicted molar refractivity (Wildman–Crippen MR) is 45.3 cm³/mol. The minimum absolute atomic E-state index is 0.375. The summed E-state index contributed by atoms with van der Waals surface area (Å²) in [6.07, 6.45) is 0. The van der Waals surface area contributed by atoms with Crippen molar-refractivity contribution in [3.8, 4) is 0 Å². The third-order valence-corrected chi connectivity index (χ3v) is 1.67. The van der Waals surface area contributed by atoms with E-state index in [0.29, 0.717) is 16.4 Å². The number of hydrogen-bond acceptors (Lipinski definition) is 3. The molecule has 4 heteroatoms. The van der Waals surface area contributed by atoms with Crippen molar-refractivity contribution in [1.82, 2.24) is 4.98 Å². The van der Waals surface area contributed by atoms with Gasteiger partial charge in [0.2, 0.25) is 0 Å². The van der Waals surface area contributed by atoms with Gasteiger partial charge in [-0.25, -0.2) is 9.78 Å². The first kappa shape index (κ1) is 9.00. The lowest BCUT2D eigenvalue weighted by Gasteiger charge is -2.01. The molecule has 12 heavy (non-hydrogen) atoms. The Morgan fingerprint density at radius 3 is 2.75 bits per heavy atom. The lowest BCUT2D eigenvalue weighted by Crippen LogP contribution is -2.04. The van der Waals surface area contributed by atoms with Crippen LogP contribution in [0.3, 0.4) is 0 Å². The zero-order valence-electron chi connectivity index (χ0n) is 6.80. The molecule has 0 amide bonds. The summed E-state index contributed by atoms with van der Waals surface area (Å²) in [6, 6.07) is 3.15. The van der Waals surface area contributed by atoms with E-state index in [1.807, 2.05) is 0 Å². The van der Waals surface area contributed by atoms with Crippen molar-refractivity contribution < 1.29 is 9.53 Å². The number of ether oxygens (including phenoxy) is 1. The number of aromatic nitrogens is 1. The van der Waals surface area contributed by atoms with Crippen LogP contribution in [0.15, 0.2) is 12.1 Å². The molecular weight excluding hydrogens is 178 g/mol. The molecule has 0 fully saturated rings. The van der Waals surface area contributed by atoms with Crippen LogP contribution in [0, 0.1) is 6.92 Å². The quantitative estimate of drug-likeness (QED) is 0.495. The molecule has 0 saturated heterocycles. The van der Waals surface area contributed by atoms with Crippen LogP contribution in [0.4, 0.5) is 0 Å². The second kappa shape index (κ2) is 3.54. The summed E-state index contributed by atoms with van der Waals surface area (Å²) in [4.78, 5) is 14.9. The van der Waals surface area contributed by atoms with Crippen LogP contribution in [-0.4, -0.2) is 18.1 Å². The summed E-state index contributed by atoms with van der Waals surface area (Å²) in [7, 11) is 1.33. The summed E-state index contributed by atoms with van der Waals surface area (Å²) in [6.45, 7) is 1.71. The number of esters is 1. The van der Waals surface area contributed by atoms with Crippen molar-refractivity contribution in [3.63, 3.8) is 0 Å². The average molecular weight is 186 g/mol. The lowest BCUT2D eigenvalue weighted by atomic mass is 10.2. The Morgan fingerprint density at radius 2 is 2.25 bits per heavy atom. The highest BCUT2D eigenvalue weighted by molar-refractivity contribution is 6.29. The smallest absolute Gasteiger partial charge is 0.339 e. The van der Waals surface area contributed by atoms with Gasteiger partial charge in [0.1, 0.15) is 5.15 Å². The lowest BCUT2D eigenvalue weighted by molar-refractivity contribution is 0.0599. The van der Waals surface area contributed by atoms with Crippen molar-refractivity contribution in [2.75, 3.05) is 7.11 Å². The largest absolute Gasteiger partial charge is 0.465 e. The molecule has 3 nitrogen and oxygen atoms in total. The fourth-order valence-electron chi connectivity index (χ4n) is 0.856. The second-order valence-electron chi connectivity index (χ2n) is 2.26. The Kier molecular flexibility index (Phi) is 2.65. The first-order valence-corrected chi connectivity index (χ1v) is 3.74. The number of methoxy groups -OCH3 is 1. The Labute approximate surface area is 75.3 Å². The van der Waals surface area contributed by atoms with E-state index in [-0.39, 0.29) is 0 Å². The molecule has 1 rings (SSSR count). The highest BCUT2D eigenvalue weighted by Crippen LogP contribution is 2.11. The fourth-order valence-corrected chi connectivity index (χ4v) is 1.05. The van der Waals surface area contributed by atoms with Crippen molar-refractivity contribution in [2.45, 2.75) is 6.92 Å². The summed E-state index contributed by atoms with van der Waals surface area (Å²) in [5.41, 5.74) is 1.02. The van der Waals surface area contributed by atoms with Gasteiger partial charge in [-0.05, 0) is 19.1 Å². The number of aryl methyl sites for hydroxylation is 1. The van der Waals surface area contributed by atoms with Crippen molar-refractivity contribution in [1.29, 1.82) is 0 Å². The fraction of sp³-hybridized carbons (Fsp3) is 0.250. The number of rotatable bonds is 1. The van der Waals surface area contributed by atoms with Gasteiger partial charge in [0.05, 0.1) is 18.4 Å². The number of hydrogen-bond donors (Lipinski definition) is 0. The molecule has 0 aliphatic heterocycles.